The summed E-state index contributed by atoms with van der Waals surface area (Å²) in [5.74, 6) is 0. The molecule has 2 rings (SSSR count). The molecule has 0 aliphatic rings. The summed E-state index contributed by atoms with van der Waals surface area (Å²) in [4.78, 5) is 0. The van der Waals surface area contributed by atoms with E-state index in [-0.39, 0.29) is 0 Å². The first kappa shape index (κ1) is 10.9. The van der Waals surface area contributed by atoms with Gasteiger partial charge >= 0.3 is 0 Å². The Morgan fingerprint density at radius 2 is 2.00 bits per heavy atom. The molecule has 0 atom stereocenters. The summed E-state index contributed by atoms with van der Waals surface area (Å²) in [6.07, 6.45) is 3.86. The summed E-state index contributed by atoms with van der Waals surface area (Å²) in [6.45, 7) is 1.78. The van der Waals surface area contributed by atoms with Crippen LogP contribution in [0.2, 0.25) is 0 Å². The largest absolute Gasteiger partial charge is 0.364 e. The molecule has 0 amide bonds. The fraction of sp³-hybridized carbons (Fsp3) is 0.308. The summed E-state index contributed by atoms with van der Waals surface area (Å²) in [6, 6.07) is 12.4. The summed E-state index contributed by atoms with van der Waals surface area (Å²) in [5, 5.41) is 7.17. The van der Waals surface area contributed by atoms with Gasteiger partial charge in [0, 0.05) is 12.6 Å². The highest BCUT2D eigenvalue weighted by atomic mass is 16.5. The number of hydrogen-bond donors (Lipinski definition) is 1. The van der Waals surface area contributed by atoms with Crippen LogP contribution < -0.4 is 5.32 Å². The Bertz CT molecular complexity index is 384. The van der Waals surface area contributed by atoms with E-state index in [2.05, 4.69) is 34.7 Å². The molecule has 0 unspecified atom stereocenters. The second-order valence-electron chi connectivity index (χ2n) is 3.76. The fourth-order valence-electron chi connectivity index (χ4n) is 1.61. The van der Waals surface area contributed by atoms with E-state index in [1.807, 2.05) is 12.1 Å². The van der Waals surface area contributed by atoms with E-state index in [9.17, 15) is 0 Å². The predicted octanol–water partition coefficient (Wildman–Crippen LogP) is 2.40. The Balaban J connectivity index is 1.59. The van der Waals surface area contributed by atoms with E-state index < -0.39 is 0 Å². The molecule has 2 aromatic rings. The van der Waals surface area contributed by atoms with E-state index in [4.69, 9.17) is 4.52 Å². The van der Waals surface area contributed by atoms with Crippen molar-refractivity contribution >= 4 is 0 Å². The van der Waals surface area contributed by atoms with E-state index in [0.717, 1.165) is 31.6 Å². The number of aromatic nitrogens is 1. The highest BCUT2D eigenvalue weighted by molar-refractivity contribution is 5.14. The zero-order valence-electron chi connectivity index (χ0n) is 9.23. The molecule has 1 aromatic heterocycles. The Hall–Kier alpha value is -1.61. The maximum absolute atomic E-state index is 4.75. The number of rotatable bonds is 6. The molecule has 0 aliphatic carbocycles. The molecule has 0 saturated heterocycles. The van der Waals surface area contributed by atoms with Gasteiger partial charge in [0.2, 0.25) is 0 Å². The summed E-state index contributed by atoms with van der Waals surface area (Å²) >= 11 is 0. The van der Waals surface area contributed by atoms with Crippen molar-refractivity contribution in [2.75, 3.05) is 6.54 Å². The smallest absolute Gasteiger partial charge is 0.124 e. The van der Waals surface area contributed by atoms with Gasteiger partial charge < -0.3 is 9.84 Å². The van der Waals surface area contributed by atoms with Crippen LogP contribution in [0, 0.1) is 0 Å². The minimum Gasteiger partial charge on any atom is -0.364 e. The van der Waals surface area contributed by atoms with Crippen molar-refractivity contribution in [1.29, 1.82) is 0 Å². The van der Waals surface area contributed by atoms with Gasteiger partial charge in [0.25, 0.3) is 0 Å². The normalized spacial score (nSPS) is 10.5. The zero-order chi connectivity index (χ0) is 11.1. The molecule has 1 aromatic carbocycles. The van der Waals surface area contributed by atoms with Crippen molar-refractivity contribution in [3.05, 3.63) is 53.9 Å². The molecule has 16 heavy (non-hydrogen) atoms. The third-order valence-electron chi connectivity index (χ3n) is 2.46. The lowest BCUT2D eigenvalue weighted by atomic mass is 10.1. The SMILES string of the molecule is c1ccc(CCCNCc2ccon2)cc1. The van der Waals surface area contributed by atoms with Crippen LogP contribution in [0.3, 0.4) is 0 Å². The highest BCUT2D eigenvalue weighted by Gasteiger charge is 1.95. The third kappa shape index (κ3) is 3.51. The van der Waals surface area contributed by atoms with E-state index >= 15 is 0 Å². The number of aryl methyl sites for hydroxylation is 1. The number of nitrogens with zero attached hydrogens (tertiary/aromatic N) is 1. The third-order valence-corrected chi connectivity index (χ3v) is 2.46. The Morgan fingerprint density at radius 1 is 1.12 bits per heavy atom. The van der Waals surface area contributed by atoms with Gasteiger partial charge in [-0.25, -0.2) is 0 Å². The van der Waals surface area contributed by atoms with Gasteiger partial charge in [-0.15, -0.1) is 0 Å². The second kappa shape index (κ2) is 6.08. The van der Waals surface area contributed by atoms with Crippen molar-refractivity contribution < 1.29 is 4.52 Å². The zero-order valence-corrected chi connectivity index (χ0v) is 9.23. The van der Waals surface area contributed by atoms with E-state index in [1.165, 1.54) is 5.56 Å². The van der Waals surface area contributed by atoms with Crippen LogP contribution in [-0.4, -0.2) is 11.7 Å². The predicted molar refractivity (Wildman–Crippen MR) is 63.0 cm³/mol. The average Bonchev–Trinajstić information content (AvgIpc) is 2.83. The molecule has 0 spiro atoms. The average molecular weight is 216 g/mol. The molecule has 3 nitrogen and oxygen atoms in total. The van der Waals surface area contributed by atoms with Crippen molar-refractivity contribution in [2.45, 2.75) is 19.4 Å². The summed E-state index contributed by atoms with van der Waals surface area (Å²) in [5.41, 5.74) is 2.35. The molecule has 0 aliphatic heterocycles. The summed E-state index contributed by atoms with van der Waals surface area (Å²) in [7, 11) is 0. The van der Waals surface area contributed by atoms with Gasteiger partial charge in [-0.1, -0.05) is 35.5 Å². The lowest BCUT2D eigenvalue weighted by Crippen LogP contribution is -2.15. The molecule has 1 N–H and O–H groups in total. The van der Waals surface area contributed by atoms with Gasteiger partial charge in [0.15, 0.2) is 0 Å². The first-order chi connectivity index (χ1) is 7.95. The van der Waals surface area contributed by atoms with E-state index in [1.54, 1.807) is 6.26 Å². The fourth-order valence-corrected chi connectivity index (χ4v) is 1.61. The second-order valence-corrected chi connectivity index (χ2v) is 3.76. The maximum Gasteiger partial charge on any atom is 0.124 e. The van der Waals surface area contributed by atoms with Crippen LogP contribution in [0.4, 0.5) is 0 Å². The van der Waals surface area contributed by atoms with Gasteiger partial charge in [-0.3, -0.25) is 0 Å². The Kier molecular flexibility index (Phi) is 4.14. The van der Waals surface area contributed by atoms with Crippen molar-refractivity contribution in [3.8, 4) is 0 Å². The molecular weight excluding hydrogens is 200 g/mol. The van der Waals surface area contributed by atoms with Crippen LogP contribution >= 0.6 is 0 Å². The molecule has 0 fully saturated rings. The number of benzene rings is 1. The lowest BCUT2D eigenvalue weighted by molar-refractivity contribution is 0.408. The van der Waals surface area contributed by atoms with Crippen LogP contribution in [0.5, 0.6) is 0 Å². The van der Waals surface area contributed by atoms with E-state index in [0.29, 0.717) is 0 Å². The first-order valence-electron chi connectivity index (χ1n) is 5.59. The molecule has 0 saturated carbocycles. The molecule has 84 valence electrons. The Morgan fingerprint density at radius 3 is 2.75 bits per heavy atom. The standard InChI is InChI=1S/C13H16N2O/c1-2-5-12(6-3-1)7-4-9-14-11-13-8-10-16-15-13/h1-3,5-6,8,10,14H,4,7,9,11H2. The minimum atomic E-state index is 0.783. The molecule has 0 radical (unpaired) electrons. The minimum absolute atomic E-state index is 0.783. The first-order valence-corrected chi connectivity index (χ1v) is 5.59. The van der Waals surface area contributed by atoms with Gasteiger partial charge in [-0.2, -0.15) is 0 Å². The van der Waals surface area contributed by atoms with Crippen molar-refractivity contribution in [2.24, 2.45) is 0 Å². The summed E-state index contributed by atoms with van der Waals surface area (Å²) < 4.78 is 4.75. The van der Waals surface area contributed by atoms with Crippen LogP contribution in [-0.2, 0) is 13.0 Å². The van der Waals surface area contributed by atoms with Crippen LogP contribution in [0.1, 0.15) is 17.7 Å². The maximum atomic E-state index is 4.75. The van der Waals surface area contributed by atoms with Gasteiger partial charge in [0.05, 0.1) is 5.69 Å². The Labute approximate surface area is 95.5 Å². The molecule has 1 heterocycles. The van der Waals surface area contributed by atoms with Crippen LogP contribution in [0.15, 0.2) is 47.2 Å². The highest BCUT2D eigenvalue weighted by Crippen LogP contribution is 2.01. The molecule has 0 bridgehead atoms. The number of nitrogens with one attached hydrogen (secondary N) is 1. The van der Waals surface area contributed by atoms with Gasteiger partial charge in [0.1, 0.15) is 6.26 Å². The monoisotopic (exact) mass is 216 g/mol. The van der Waals surface area contributed by atoms with Crippen molar-refractivity contribution in [3.63, 3.8) is 0 Å². The molecule has 3 heteroatoms. The lowest BCUT2D eigenvalue weighted by Gasteiger charge is -2.02. The quantitative estimate of drug-likeness (QED) is 0.753. The number of hydrogen-bond acceptors (Lipinski definition) is 3. The van der Waals surface area contributed by atoms with Gasteiger partial charge in [-0.05, 0) is 24.9 Å². The molecular formula is C13H16N2O. The van der Waals surface area contributed by atoms with Crippen LogP contribution in [0.25, 0.3) is 0 Å². The van der Waals surface area contributed by atoms with Crippen molar-refractivity contribution in [1.82, 2.24) is 10.5 Å². The topological polar surface area (TPSA) is 38.1 Å².